The van der Waals surface area contributed by atoms with Gasteiger partial charge in [-0.3, -0.25) is 0 Å². The van der Waals surface area contributed by atoms with Gasteiger partial charge in [0.2, 0.25) is 0 Å². The third kappa shape index (κ3) is 3.89. The molecule has 4 rings (SSSR count). The van der Waals surface area contributed by atoms with Gasteiger partial charge in [0.15, 0.2) is 0 Å². The Labute approximate surface area is 172 Å². The van der Waals surface area contributed by atoms with Crippen LogP contribution in [0.15, 0.2) is 69.2 Å². The molecule has 4 nitrogen and oxygen atoms in total. The zero-order valence-electron chi connectivity index (χ0n) is 16.0. The van der Waals surface area contributed by atoms with Crippen LogP contribution in [-0.4, -0.2) is 4.98 Å². The predicted octanol–water partition coefficient (Wildman–Crippen LogP) is 6.10. The topological polar surface area (TPSA) is 66.9 Å². The van der Waals surface area contributed by atoms with Crippen LogP contribution in [-0.2, 0) is 0 Å². The first-order chi connectivity index (χ1) is 14.0. The molecule has 0 saturated heterocycles. The van der Waals surface area contributed by atoms with Gasteiger partial charge in [0.25, 0.3) is 0 Å². The zero-order valence-corrected chi connectivity index (χ0v) is 16.9. The highest BCUT2D eigenvalue weighted by Crippen LogP contribution is 2.27. The summed E-state index contributed by atoms with van der Waals surface area (Å²) in [6, 6.07) is 19.5. The number of thiazole rings is 1. The van der Waals surface area contributed by atoms with E-state index in [9.17, 15) is 10.1 Å². The minimum atomic E-state index is -0.438. The number of hydrogen-bond donors (Lipinski definition) is 0. The summed E-state index contributed by atoms with van der Waals surface area (Å²) in [5.74, 6) is 0.457. The van der Waals surface area contributed by atoms with Crippen molar-refractivity contribution in [2.75, 3.05) is 0 Å². The molecule has 0 unspecified atom stereocenters. The standard InChI is InChI=1S/C24H18N2O2S/c1-15(2)17-9-7-16(8-10-17)11-19(13-25)23-26-21(14-29-23)20-12-18-5-3-4-6-22(18)28-24(20)27/h3-12,14-15H,1-2H3/b19-11+. The second-order valence-electron chi connectivity index (χ2n) is 7.01. The van der Waals surface area contributed by atoms with E-state index in [0.717, 1.165) is 10.9 Å². The first-order valence-electron chi connectivity index (χ1n) is 9.26. The fourth-order valence-electron chi connectivity index (χ4n) is 3.05. The molecule has 2 heterocycles. The molecular formula is C24H18N2O2S. The molecule has 0 fully saturated rings. The van der Waals surface area contributed by atoms with Gasteiger partial charge >= 0.3 is 5.63 Å². The summed E-state index contributed by atoms with van der Waals surface area (Å²) < 4.78 is 5.40. The maximum atomic E-state index is 12.4. The number of fused-ring (bicyclic) bond motifs is 1. The molecule has 0 aliphatic carbocycles. The van der Waals surface area contributed by atoms with Crippen LogP contribution in [0.4, 0.5) is 0 Å². The predicted molar refractivity (Wildman–Crippen MR) is 118 cm³/mol. The summed E-state index contributed by atoms with van der Waals surface area (Å²) in [5, 5.41) is 12.8. The van der Waals surface area contributed by atoms with E-state index in [2.05, 4.69) is 37.0 Å². The number of aromatic nitrogens is 1. The first-order valence-corrected chi connectivity index (χ1v) is 10.1. The van der Waals surface area contributed by atoms with E-state index in [0.29, 0.717) is 33.3 Å². The Morgan fingerprint density at radius 3 is 2.66 bits per heavy atom. The molecule has 4 aromatic rings. The third-order valence-electron chi connectivity index (χ3n) is 4.69. The maximum Gasteiger partial charge on any atom is 0.345 e. The van der Waals surface area contributed by atoms with Gasteiger partial charge in [0, 0.05) is 10.8 Å². The lowest BCUT2D eigenvalue weighted by atomic mass is 10.0. The van der Waals surface area contributed by atoms with Crippen molar-refractivity contribution in [2.45, 2.75) is 19.8 Å². The molecule has 0 atom stereocenters. The van der Waals surface area contributed by atoms with E-state index < -0.39 is 5.63 Å². The highest BCUT2D eigenvalue weighted by Gasteiger charge is 2.14. The highest BCUT2D eigenvalue weighted by atomic mass is 32.1. The van der Waals surface area contributed by atoms with Crippen molar-refractivity contribution in [2.24, 2.45) is 0 Å². The largest absolute Gasteiger partial charge is 0.422 e. The first kappa shape index (κ1) is 18.9. The van der Waals surface area contributed by atoms with Crippen LogP contribution in [0.1, 0.15) is 35.9 Å². The Hall–Kier alpha value is -3.49. The van der Waals surface area contributed by atoms with Crippen molar-refractivity contribution < 1.29 is 4.42 Å². The quantitative estimate of drug-likeness (QED) is 0.307. The summed E-state index contributed by atoms with van der Waals surface area (Å²) in [5.41, 5.74) is 3.66. The van der Waals surface area contributed by atoms with E-state index in [4.69, 9.17) is 4.42 Å². The molecule has 0 spiro atoms. The molecule has 0 N–H and O–H groups in total. The van der Waals surface area contributed by atoms with Crippen LogP contribution in [0.3, 0.4) is 0 Å². The summed E-state index contributed by atoms with van der Waals surface area (Å²) >= 11 is 1.34. The second kappa shape index (κ2) is 7.86. The summed E-state index contributed by atoms with van der Waals surface area (Å²) in [6.45, 7) is 4.29. The smallest absolute Gasteiger partial charge is 0.345 e. The lowest BCUT2D eigenvalue weighted by Gasteiger charge is -2.04. The van der Waals surface area contributed by atoms with Crippen LogP contribution in [0.5, 0.6) is 0 Å². The van der Waals surface area contributed by atoms with Gasteiger partial charge < -0.3 is 4.42 Å². The lowest BCUT2D eigenvalue weighted by molar-refractivity contribution is 0.563. The highest BCUT2D eigenvalue weighted by molar-refractivity contribution is 7.11. The second-order valence-corrected chi connectivity index (χ2v) is 7.87. The monoisotopic (exact) mass is 398 g/mol. The number of rotatable bonds is 4. The average molecular weight is 398 g/mol. The molecule has 0 amide bonds. The fraction of sp³-hybridized carbons (Fsp3) is 0.125. The normalized spacial score (nSPS) is 11.7. The molecule has 0 radical (unpaired) electrons. The van der Waals surface area contributed by atoms with Crippen LogP contribution in [0, 0.1) is 11.3 Å². The van der Waals surface area contributed by atoms with E-state index in [-0.39, 0.29) is 0 Å². The van der Waals surface area contributed by atoms with Crippen molar-refractivity contribution >= 4 is 34.0 Å². The van der Waals surface area contributed by atoms with Crippen molar-refractivity contribution in [1.29, 1.82) is 5.26 Å². The van der Waals surface area contributed by atoms with Crippen LogP contribution >= 0.6 is 11.3 Å². The van der Waals surface area contributed by atoms with Gasteiger partial charge in [-0.05, 0) is 35.3 Å². The fourth-order valence-corrected chi connectivity index (χ4v) is 3.83. The summed E-state index contributed by atoms with van der Waals surface area (Å²) in [7, 11) is 0. The molecule has 5 heteroatoms. The number of benzene rings is 2. The molecule has 2 aromatic heterocycles. The van der Waals surface area contributed by atoms with Crippen molar-refractivity contribution in [3.05, 3.63) is 86.5 Å². The van der Waals surface area contributed by atoms with Crippen molar-refractivity contribution in [3.63, 3.8) is 0 Å². The van der Waals surface area contributed by atoms with Crippen LogP contribution in [0.25, 0.3) is 33.9 Å². The number of nitrogens with zero attached hydrogens (tertiary/aromatic N) is 2. The SMILES string of the molecule is CC(C)c1ccc(/C=C(\C#N)c2nc(-c3cc4ccccc4oc3=O)cs2)cc1. The van der Waals surface area contributed by atoms with Crippen molar-refractivity contribution in [3.8, 4) is 17.3 Å². The number of hydrogen-bond acceptors (Lipinski definition) is 5. The van der Waals surface area contributed by atoms with Crippen LogP contribution in [0.2, 0.25) is 0 Å². The Morgan fingerprint density at radius 1 is 1.17 bits per heavy atom. The number of para-hydroxylation sites is 1. The van der Waals surface area contributed by atoms with Gasteiger partial charge in [-0.2, -0.15) is 5.26 Å². The molecule has 2 aromatic carbocycles. The Morgan fingerprint density at radius 2 is 1.93 bits per heavy atom. The molecule has 29 heavy (non-hydrogen) atoms. The minimum Gasteiger partial charge on any atom is -0.422 e. The minimum absolute atomic E-state index is 0.393. The van der Waals surface area contributed by atoms with Gasteiger partial charge in [-0.25, -0.2) is 9.78 Å². The van der Waals surface area contributed by atoms with E-state index in [1.54, 1.807) is 17.5 Å². The Kier molecular flexibility index (Phi) is 5.11. The van der Waals surface area contributed by atoms with E-state index in [1.807, 2.05) is 36.4 Å². The molecular weight excluding hydrogens is 380 g/mol. The molecule has 142 valence electrons. The average Bonchev–Trinajstić information content (AvgIpc) is 3.21. The lowest BCUT2D eigenvalue weighted by Crippen LogP contribution is -2.02. The van der Waals surface area contributed by atoms with Crippen molar-refractivity contribution in [1.82, 2.24) is 4.98 Å². The van der Waals surface area contributed by atoms with Gasteiger partial charge in [0.05, 0.1) is 16.8 Å². The van der Waals surface area contributed by atoms with Gasteiger partial charge in [-0.15, -0.1) is 11.3 Å². The maximum absolute atomic E-state index is 12.4. The van der Waals surface area contributed by atoms with Gasteiger partial charge in [-0.1, -0.05) is 56.3 Å². The third-order valence-corrected chi connectivity index (χ3v) is 5.56. The summed E-state index contributed by atoms with van der Waals surface area (Å²) in [6.07, 6.45) is 1.82. The van der Waals surface area contributed by atoms with Crippen LogP contribution < -0.4 is 5.63 Å². The van der Waals surface area contributed by atoms with E-state index >= 15 is 0 Å². The molecule has 0 aliphatic rings. The zero-order chi connectivity index (χ0) is 20.4. The molecule has 0 bridgehead atoms. The molecule has 0 aliphatic heterocycles. The number of allylic oxidation sites excluding steroid dienone is 1. The Bertz CT molecular complexity index is 1310. The Balaban J connectivity index is 1.70. The van der Waals surface area contributed by atoms with Gasteiger partial charge in [0.1, 0.15) is 16.7 Å². The van der Waals surface area contributed by atoms with E-state index in [1.165, 1.54) is 16.9 Å². The molecule has 0 saturated carbocycles. The number of nitriles is 1. The summed E-state index contributed by atoms with van der Waals surface area (Å²) in [4.78, 5) is 16.9.